The van der Waals surface area contributed by atoms with E-state index in [1.165, 1.54) is 116 Å². The van der Waals surface area contributed by atoms with Gasteiger partial charge in [-0.15, -0.1) is 0 Å². The molecule has 0 heterocycles. The number of hydrogen-bond acceptors (Lipinski definition) is 6. The molecular weight excluding hydrogens is 961 g/mol. The summed E-state index contributed by atoms with van der Waals surface area (Å²) < 4.78 is 16.9. The van der Waals surface area contributed by atoms with Gasteiger partial charge in [0, 0.05) is 19.3 Å². The SMILES string of the molecule is CC/C=C\C/C=C\C/C=C\C/C=C\C/C=C\CCCCCCCCCCCCCCCC(=O)OCC(COC(=O)CCCCCCC/C=C\CCCCCCC)OC(=O)CCC/C=C\C/C=C\C/C=C\C/C=C\C/C=C\CC. The Bertz CT molecular complexity index is 1670. The van der Waals surface area contributed by atoms with Gasteiger partial charge in [0.1, 0.15) is 13.2 Å². The van der Waals surface area contributed by atoms with E-state index < -0.39 is 6.10 Å². The standard InChI is InChI=1S/C72H118O6/c1-4-7-10-13-16-19-22-25-28-30-31-32-33-34-35-36-37-38-39-40-41-43-44-47-50-53-56-59-62-65-71(74)77-68-69(67-76-70(73)64-61-58-55-52-49-46-27-24-21-18-15-12-9-6-3)78-72(75)66-63-60-57-54-51-48-45-42-29-26-23-20-17-14-11-8-5-2/h7-8,10-11,16-17,19-20,24-29,31-32,34-35,45,48,54,57,69H,4-6,9,12-15,18,21-23,30,33,36-44,46-47,49-53,55-56,58-68H2,1-3H3/b10-7-,11-8-,19-16-,20-17-,27-24-,28-25-,29-26-,32-31-,35-34-,48-45-,57-54-. The third kappa shape index (κ3) is 62.4. The Hall–Kier alpha value is -4.45. The van der Waals surface area contributed by atoms with Crippen molar-refractivity contribution in [3.05, 3.63) is 134 Å². The third-order valence-corrected chi connectivity index (χ3v) is 13.4. The van der Waals surface area contributed by atoms with Crippen LogP contribution in [-0.2, 0) is 28.6 Å². The lowest BCUT2D eigenvalue weighted by molar-refractivity contribution is -0.167. The molecule has 1 atom stereocenters. The van der Waals surface area contributed by atoms with Gasteiger partial charge in [-0.25, -0.2) is 0 Å². The van der Waals surface area contributed by atoms with E-state index in [4.69, 9.17) is 14.2 Å². The van der Waals surface area contributed by atoms with Crippen molar-refractivity contribution in [1.82, 2.24) is 0 Å². The van der Waals surface area contributed by atoms with Crippen LogP contribution in [0.15, 0.2) is 134 Å². The molecule has 0 aliphatic carbocycles. The first-order chi connectivity index (χ1) is 38.5. The van der Waals surface area contributed by atoms with Crippen molar-refractivity contribution in [2.45, 2.75) is 290 Å². The van der Waals surface area contributed by atoms with Gasteiger partial charge in [-0.05, 0) is 128 Å². The zero-order chi connectivity index (χ0) is 56.4. The fraction of sp³-hybridized carbons (Fsp3) is 0.653. The lowest BCUT2D eigenvalue weighted by atomic mass is 10.0. The van der Waals surface area contributed by atoms with E-state index >= 15 is 0 Å². The average molecular weight is 1080 g/mol. The maximum absolute atomic E-state index is 12.9. The van der Waals surface area contributed by atoms with E-state index in [2.05, 4.69) is 154 Å². The Balaban J connectivity index is 4.35. The third-order valence-electron chi connectivity index (χ3n) is 13.4. The number of rotatable bonds is 57. The van der Waals surface area contributed by atoms with E-state index in [1.54, 1.807) is 0 Å². The Labute approximate surface area is 481 Å². The second kappa shape index (κ2) is 65.1. The normalized spacial score (nSPS) is 13.0. The van der Waals surface area contributed by atoms with Gasteiger partial charge >= 0.3 is 17.9 Å². The van der Waals surface area contributed by atoms with E-state index in [0.29, 0.717) is 19.3 Å². The van der Waals surface area contributed by atoms with Gasteiger partial charge in [0.25, 0.3) is 0 Å². The van der Waals surface area contributed by atoms with Gasteiger partial charge in [-0.2, -0.15) is 0 Å². The quantitative estimate of drug-likeness (QED) is 0.0261. The highest BCUT2D eigenvalue weighted by Crippen LogP contribution is 2.15. The molecule has 6 heteroatoms. The molecule has 0 rings (SSSR count). The first-order valence-corrected chi connectivity index (χ1v) is 32.2. The Kier molecular flexibility index (Phi) is 61.4. The summed E-state index contributed by atoms with van der Waals surface area (Å²) in [6.07, 6.45) is 91.8. The molecular formula is C72H118O6. The molecule has 442 valence electrons. The van der Waals surface area contributed by atoms with E-state index in [9.17, 15) is 14.4 Å². The maximum Gasteiger partial charge on any atom is 0.306 e. The van der Waals surface area contributed by atoms with Crippen molar-refractivity contribution in [3.63, 3.8) is 0 Å². The number of carbonyl (C=O) groups excluding carboxylic acids is 3. The molecule has 0 N–H and O–H groups in total. The van der Waals surface area contributed by atoms with Crippen LogP contribution >= 0.6 is 0 Å². The van der Waals surface area contributed by atoms with Crippen LogP contribution < -0.4 is 0 Å². The molecule has 0 aromatic carbocycles. The highest BCUT2D eigenvalue weighted by Gasteiger charge is 2.19. The summed E-state index contributed by atoms with van der Waals surface area (Å²) in [6, 6.07) is 0. The van der Waals surface area contributed by atoms with Gasteiger partial charge in [0.2, 0.25) is 0 Å². The summed E-state index contributed by atoms with van der Waals surface area (Å²) in [5.41, 5.74) is 0. The van der Waals surface area contributed by atoms with Crippen LogP contribution in [-0.4, -0.2) is 37.2 Å². The summed E-state index contributed by atoms with van der Waals surface area (Å²) in [5.74, 6) is -0.972. The number of unbranched alkanes of at least 4 members (excludes halogenated alkanes) is 24. The molecule has 6 nitrogen and oxygen atoms in total. The zero-order valence-electron chi connectivity index (χ0n) is 50.6. The molecule has 0 saturated heterocycles. The Morgan fingerprint density at radius 1 is 0.269 bits per heavy atom. The van der Waals surface area contributed by atoms with Crippen LogP contribution in [0.5, 0.6) is 0 Å². The number of hydrogen-bond donors (Lipinski definition) is 0. The van der Waals surface area contributed by atoms with Crippen molar-refractivity contribution in [2.24, 2.45) is 0 Å². The van der Waals surface area contributed by atoms with Crippen LogP contribution in [0.1, 0.15) is 284 Å². The smallest absolute Gasteiger partial charge is 0.306 e. The predicted octanol–water partition coefficient (Wildman–Crippen LogP) is 22.2. The molecule has 0 radical (unpaired) electrons. The molecule has 0 spiro atoms. The van der Waals surface area contributed by atoms with E-state index in [-0.39, 0.29) is 37.5 Å². The van der Waals surface area contributed by atoms with Gasteiger partial charge < -0.3 is 14.2 Å². The van der Waals surface area contributed by atoms with Gasteiger partial charge in [-0.3, -0.25) is 14.4 Å². The largest absolute Gasteiger partial charge is 0.462 e. The first kappa shape index (κ1) is 73.5. The maximum atomic E-state index is 12.9. The fourth-order valence-electron chi connectivity index (χ4n) is 8.62. The first-order valence-electron chi connectivity index (χ1n) is 32.2. The van der Waals surface area contributed by atoms with Crippen molar-refractivity contribution in [3.8, 4) is 0 Å². The van der Waals surface area contributed by atoms with Crippen LogP contribution in [0.4, 0.5) is 0 Å². The van der Waals surface area contributed by atoms with Gasteiger partial charge in [0.15, 0.2) is 6.10 Å². The summed E-state index contributed by atoms with van der Waals surface area (Å²) in [7, 11) is 0. The Morgan fingerprint density at radius 3 is 0.833 bits per heavy atom. The molecule has 1 unspecified atom stereocenters. The lowest BCUT2D eigenvalue weighted by Gasteiger charge is -2.18. The topological polar surface area (TPSA) is 78.9 Å². The van der Waals surface area contributed by atoms with Gasteiger partial charge in [0.05, 0.1) is 0 Å². The van der Waals surface area contributed by atoms with Crippen LogP contribution in [0, 0.1) is 0 Å². The van der Waals surface area contributed by atoms with Crippen molar-refractivity contribution in [2.75, 3.05) is 13.2 Å². The molecule has 0 bridgehead atoms. The number of esters is 3. The number of ether oxygens (including phenoxy) is 3. The van der Waals surface area contributed by atoms with Crippen molar-refractivity contribution >= 4 is 17.9 Å². The molecule has 0 amide bonds. The van der Waals surface area contributed by atoms with Crippen molar-refractivity contribution in [1.29, 1.82) is 0 Å². The minimum absolute atomic E-state index is 0.106. The van der Waals surface area contributed by atoms with E-state index in [0.717, 1.165) is 122 Å². The minimum atomic E-state index is -0.816. The number of allylic oxidation sites excluding steroid dienone is 22. The van der Waals surface area contributed by atoms with E-state index in [1.807, 2.05) is 0 Å². The molecule has 0 aromatic rings. The average Bonchev–Trinajstić information content (AvgIpc) is 3.44. The predicted molar refractivity (Wildman–Crippen MR) is 339 cm³/mol. The fourth-order valence-corrected chi connectivity index (χ4v) is 8.62. The molecule has 0 aromatic heterocycles. The molecule has 0 aliphatic heterocycles. The van der Waals surface area contributed by atoms with Crippen LogP contribution in [0.3, 0.4) is 0 Å². The minimum Gasteiger partial charge on any atom is -0.462 e. The second-order valence-corrected chi connectivity index (χ2v) is 20.9. The molecule has 0 fully saturated rings. The monoisotopic (exact) mass is 1080 g/mol. The van der Waals surface area contributed by atoms with Crippen molar-refractivity contribution < 1.29 is 28.6 Å². The van der Waals surface area contributed by atoms with Crippen LogP contribution in [0.25, 0.3) is 0 Å². The Morgan fingerprint density at radius 2 is 0.513 bits per heavy atom. The highest BCUT2D eigenvalue weighted by molar-refractivity contribution is 5.71. The summed E-state index contributed by atoms with van der Waals surface area (Å²) in [5, 5.41) is 0. The summed E-state index contributed by atoms with van der Waals surface area (Å²) in [4.78, 5) is 38.3. The molecule has 78 heavy (non-hydrogen) atoms. The summed E-state index contributed by atoms with van der Waals surface area (Å²) in [6.45, 7) is 6.36. The second-order valence-electron chi connectivity index (χ2n) is 20.9. The molecule has 0 aliphatic rings. The molecule has 0 saturated carbocycles. The highest BCUT2D eigenvalue weighted by atomic mass is 16.6. The van der Waals surface area contributed by atoms with Crippen LogP contribution in [0.2, 0.25) is 0 Å². The zero-order valence-corrected chi connectivity index (χ0v) is 50.6. The number of carbonyl (C=O) groups is 3. The van der Waals surface area contributed by atoms with Gasteiger partial charge in [-0.1, -0.05) is 270 Å². The summed E-state index contributed by atoms with van der Waals surface area (Å²) >= 11 is 0. The lowest BCUT2D eigenvalue weighted by Crippen LogP contribution is -2.30.